The summed E-state index contributed by atoms with van der Waals surface area (Å²) in [5, 5.41) is 6.02. The highest BCUT2D eigenvalue weighted by Crippen LogP contribution is 2.19. The first-order valence-electron chi connectivity index (χ1n) is 9.70. The molecule has 0 bridgehead atoms. The fourth-order valence-corrected chi connectivity index (χ4v) is 2.42. The van der Waals surface area contributed by atoms with Crippen LogP contribution in [-0.2, 0) is 4.79 Å². The minimum Gasteiger partial charge on any atom is -0.494 e. The molecule has 0 saturated carbocycles. The molecule has 5 heteroatoms. The van der Waals surface area contributed by atoms with Crippen LogP contribution in [-0.4, -0.2) is 25.7 Å². The minimum absolute atomic E-state index is 0.113. The Morgan fingerprint density at radius 3 is 2.00 bits per heavy atom. The molecule has 2 aromatic rings. The predicted molar refractivity (Wildman–Crippen MR) is 111 cm³/mol. The van der Waals surface area contributed by atoms with Gasteiger partial charge in [0.1, 0.15) is 11.5 Å². The zero-order valence-corrected chi connectivity index (χ0v) is 16.3. The van der Waals surface area contributed by atoms with Gasteiger partial charge >= 0.3 is 0 Å². The molecular formula is C22H30N2O3. The number of anilines is 2. The van der Waals surface area contributed by atoms with E-state index < -0.39 is 0 Å². The molecule has 0 unspecified atom stereocenters. The van der Waals surface area contributed by atoms with Gasteiger partial charge in [0.2, 0.25) is 5.91 Å². The molecule has 0 atom stereocenters. The van der Waals surface area contributed by atoms with E-state index in [0.717, 1.165) is 48.6 Å². The second-order valence-corrected chi connectivity index (χ2v) is 6.36. The third-order valence-corrected chi connectivity index (χ3v) is 3.94. The number of rotatable bonds is 12. The van der Waals surface area contributed by atoms with Crippen LogP contribution in [0.15, 0.2) is 48.5 Å². The van der Waals surface area contributed by atoms with E-state index in [1.54, 1.807) is 0 Å². The van der Waals surface area contributed by atoms with Gasteiger partial charge in [-0.2, -0.15) is 0 Å². The van der Waals surface area contributed by atoms with Gasteiger partial charge in [-0.1, -0.05) is 38.8 Å². The topological polar surface area (TPSA) is 59.6 Å². The van der Waals surface area contributed by atoms with Gasteiger partial charge in [0.25, 0.3) is 0 Å². The third kappa shape index (κ3) is 8.03. The summed E-state index contributed by atoms with van der Waals surface area (Å²) in [7, 11) is 0. The Morgan fingerprint density at radius 1 is 0.852 bits per heavy atom. The number of unbranched alkanes of at least 4 members (excludes halogenated alkanes) is 2. The number of nitrogens with one attached hydrogen (secondary N) is 2. The summed E-state index contributed by atoms with van der Waals surface area (Å²) in [5.41, 5.74) is 1.59. The Bertz CT molecular complexity index is 703. The van der Waals surface area contributed by atoms with Crippen LogP contribution in [0, 0.1) is 0 Å². The molecule has 27 heavy (non-hydrogen) atoms. The van der Waals surface area contributed by atoms with Crippen molar-refractivity contribution in [2.24, 2.45) is 0 Å². The highest BCUT2D eigenvalue weighted by molar-refractivity contribution is 5.93. The first kappa shape index (κ1) is 20.6. The van der Waals surface area contributed by atoms with E-state index in [2.05, 4.69) is 24.5 Å². The average Bonchev–Trinajstić information content (AvgIpc) is 2.68. The lowest BCUT2D eigenvalue weighted by Crippen LogP contribution is -2.21. The van der Waals surface area contributed by atoms with Gasteiger partial charge < -0.3 is 20.1 Å². The van der Waals surface area contributed by atoms with Gasteiger partial charge in [0.15, 0.2) is 0 Å². The van der Waals surface area contributed by atoms with Crippen molar-refractivity contribution in [1.29, 1.82) is 0 Å². The van der Waals surface area contributed by atoms with Crippen LogP contribution in [0.3, 0.4) is 0 Å². The summed E-state index contributed by atoms with van der Waals surface area (Å²) in [6, 6.07) is 15.1. The maximum Gasteiger partial charge on any atom is 0.243 e. The van der Waals surface area contributed by atoms with Crippen LogP contribution in [0.25, 0.3) is 0 Å². The minimum atomic E-state index is -0.113. The van der Waals surface area contributed by atoms with Gasteiger partial charge in [-0.15, -0.1) is 0 Å². The summed E-state index contributed by atoms with van der Waals surface area (Å²) in [6.45, 7) is 5.83. The van der Waals surface area contributed by atoms with E-state index in [9.17, 15) is 4.79 Å². The average molecular weight is 370 g/mol. The molecule has 0 aliphatic heterocycles. The lowest BCUT2D eigenvalue weighted by molar-refractivity contribution is -0.114. The Kier molecular flexibility index (Phi) is 9.04. The van der Waals surface area contributed by atoms with Gasteiger partial charge in [-0.3, -0.25) is 4.79 Å². The van der Waals surface area contributed by atoms with Crippen LogP contribution in [0.5, 0.6) is 11.5 Å². The normalized spacial score (nSPS) is 10.3. The predicted octanol–water partition coefficient (Wildman–Crippen LogP) is 5.10. The number of carbonyl (C=O) groups is 1. The molecule has 0 aliphatic rings. The molecule has 0 aromatic heterocycles. The summed E-state index contributed by atoms with van der Waals surface area (Å²) in [5.74, 6) is 1.47. The van der Waals surface area contributed by atoms with E-state index in [4.69, 9.17) is 9.47 Å². The fraction of sp³-hybridized carbons (Fsp3) is 0.409. The van der Waals surface area contributed by atoms with E-state index in [-0.39, 0.29) is 12.5 Å². The van der Waals surface area contributed by atoms with Crippen molar-refractivity contribution in [2.45, 2.75) is 39.5 Å². The lowest BCUT2D eigenvalue weighted by Gasteiger charge is -2.11. The molecule has 0 heterocycles. The highest BCUT2D eigenvalue weighted by atomic mass is 16.5. The smallest absolute Gasteiger partial charge is 0.243 e. The molecule has 146 valence electrons. The summed E-state index contributed by atoms with van der Waals surface area (Å²) < 4.78 is 11.4. The maximum absolute atomic E-state index is 12.2. The molecule has 5 nitrogen and oxygen atoms in total. The summed E-state index contributed by atoms with van der Waals surface area (Å²) in [6.07, 6.45) is 4.24. The quantitative estimate of drug-likeness (QED) is 0.511. The lowest BCUT2D eigenvalue weighted by atomic mass is 10.3. The summed E-state index contributed by atoms with van der Waals surface area (Å²) >= 11 is 0. The first-order chi connectivity index (χ1) is 13.2. The molecule has 1 amide bonds. The van der Waals surface area contributed by atoms with Gasteiger partial charge in [0, 0.05) is 23.5 Å². The van der Waals surface area contributed by atoms with Crippen LogP contribution in [0.2, 0.25) is 0 Å². The Labute approximate surface area is 162 Å². The zero-order chi connectivity index (χ0) is 19.3. The SMILES string of the molecule is CCCCOc1cccc(NCC(=O)Nc2cccc(OCCCC)c2)c1. The second-order valence-electron chi connectivity index (χ2n) is 6.36. The van der Waals surface area contributed by atoms with E-state index in [1.165, 1.54) is 0 Å². The molecule has 0 spiro atoms. The van der Waals surface area contributed by atoms with Crippen LogP contribution >= 0.6 is 0 Å². The zero-order valence-electron chi connectivity index (χ0n) is 16.3. The third-order valence-electron chi connectivity index (χ3n) is 3.94. The van der Waals surface area contributed by atoms with E-state index >= 15 is 0 Å². The fourth-order valence-electron chi connectivity index (χ4n) is 2.42. The maximum atomic E-state index is 12.2. The van der Waals surface area contributed by atoms with E-state index in [1.807, 2.05) is 48.5 Å². The number of amides is 1. The molecule has 0 saturated heterocycles. The van der Waals surface area contributed by atoms with E-state index in [0.29, 0.717) is 13.2 Å². The van der Waals surface area contributed by atoms with Crippen molar-refractivity contribution < 1.29 is 14.3 Å². The largest absolute Gasteiger partial charge is 0.494 e. The molecule has 2 rings (SSSR count). The Hall–Kier alpha value is -2.69. The number of hydrogen-bond acceptors (Lipinski definition) is 4. The molecule has 0 aliphatic carbocycles. The molecule has 2 N–H and O–H groups in total. The van der Waals surface area contributed by atoms with Crippen LogP contribution < -0.4 is 20.1 Å². The number of carbonyl (C=O) groups excluding carboxylic acids is 1. The standard InChI is InChI=1S/C22H30N2O3/c1-3-5-13-26-20-11-7-9-18(15-20)23-17-22(25)24-19-10-8-12-21(16-19)27-14-6-4-2/h7-12,15-16,23H,3-6,13-14,17H2,1-2H3,(H,24,25). The Balaban J connectivity index is 1.80. The Morgan fingerprint density at radius 2 is 1.41 bits per heavy atom. The van der Waals surface area contributed by atoms with Crippen molar-refractivity contribution in [3.63, 3.8) is 0 Å². The highest BCUT2D eigenvalue weighted by Gasteiger charge is 2.04. The number of ether oxygens (including phenoxy) is 2. The first-order valence-corrected chi connectivity index (χ1v) is 9.70. The van der Waals surface area contributed by atoms with Gasteiger partial charge in [-0.25, -0.2) is 0 Å². The van der Waals surface area contributed by atoms with Crippen molar-refractivity contribution >= 4 is 17.3 Å². The van der Waals surface area contributed by atoms with Crippen molar-refractivity contribution in [1.82, 2.24) is 0 Å². The van der Waals surface area contributed by atoms with Crippen LogP contribution in [0.4, 0.5) is 11.4 Å². The summed E-state index contributed by atoms with van der Waals surface area (Å²) in [4.78, 5) is 12.2. The molecule has 0 fully saturated rings. The number of hydrogen-bond donors (Lipinski definition) is 2. The van der Waals surface area contributed by atoms with Crippen molar-refractivity contribution in [2.75, 3.05) is 30.4 Å². The monoisotopic (exact) mass is 370 g/mol. The molecular weight excluding hydrogens is 340 g/mol. The second kappa shape index (κ2) is 11.8. The van der Waals surface area contributed by atoms with Crippen LogP contribution in [0.1, 0.15) is 39.5 Å². The van der Waals surface area contributed by atoms with Crippen molar-refractivity contribution in [3.8, 4) is 11.5 Å². The van der Waals surface area contributed by atoms with Crippen molar-refractivity contribution in [3.05, 3.63) is 48.5 Å². The molecule has 0 radical (unpaired) electrons. The van der Waals surface area contributed by atoms with Gasteiger partial charge in [-0.05, 0) is 37.1 Å². The number of benzene rings is 2. The molecule has 2 aromatic carbocycles. The van der Waals surface area contributed by atoms with Gasteiger partial charge in [0.05, 0.1) is 19.8 Å².